The Bertz CT molecular complexity index is 1550. The van der Waals surface area contributed by atoms with Crippen molar-refractivity contribution in [2.45, 2.75) is 20.3 Å². The molecular weight excluding hydrogens is 447 g/mol. The van der Waals surface area contributed by atoms with Gasteiger partial charge >= 0.3 is 5.91 Å². The molecule has 2 amide bonds. The number of imide groups is 1. The zero-order valence-corrected chi connectivity index (χ0v) is 19.2. The third-order valence-electron chi connectivity index (χ3n) is 5.95. The normalized spacial score (nSPS) is 13.7. The Morgan fingerprint density at radius 3 is 2.26 bits per heavy atom. The average Bonchev–Trinajstić information content (AvgIpc) is 3.32. The van der Waals surface area contributed by atoms with Crippen LogP contribution in [0.3, 0.4) is 0 Å². The number of pyridine rings is 1. The van der Waals surface area contributed by atoms with E-state index in [0.717, 1.165) is 10.5 Å². The first-order valence-corrected chi connectivity index (χ1v) is 11.2. The van der Waals surface area contributed by atoms with E-state index in [1.165, 1.54) is 28.9 Å². The summed E-state index contributed by atoms with van der Waals surface area (Å²) in [6.07, 6.45) is 3.73. The molecule has 2 aromatic carbocycles. The van der Waals surface area contributed by atoms with Crippen LogP contribution in [0.1, 0.15) is 23.7 Å². The Balaban J connectivity index is 1.77. The highest BCUT2D eigenvalue weighted by Gasteiger charge is 2.48. The van der Waals surface area contributed by atoms with Gasteiger partial charge in [0.2, 0.25) is 0 Å². The lowest BCUT2D eigenvalue weighted by Crippen LogP contribution is -2.39. The van der Waals surface area contributed by atoms with Crippen molar-refractivity contribution < 1.29 is 18.5 Å². The summed E-state index contributed by atoms with van der Waals surface area (Å²) in [5, 5.41) is 3.04. The first-order valence-electron chi connectivity index (χ1n) is 11.2. The fourth-order valence-corrected chi connectivity index (χ4v) is 4.30. The molecule has 1 aliphatic heterocycles. The highest BCUT2D eigenvalue weighted by atomic mass is 19.1. The molecule has 0 radical (unpaired) electrons. The van der Waals surface area contributed by atoms with Gasteiger partial charge in [-0.3, -0.25) is 19.5 Å². The van der Waals surface area contributed by atoms with Crippen LogP contribution in [0.2, 0.25) is 0 Å². The number of aromatic amines is 1. The lowest BCUT2D eigenvalue weighted by molar-refractivity contribution is -0.576. The Hall–Kier alpha value is -4.59. The van der Waals surface area contributed by atoms with Crippen LogP contribution in [0.5, 0.6) is 0 Å². The number of benzene rings is 2. The molecule has 0 aliphatic carbocycles. The number of hydrogen-bond acceptors (Lipinski definition) is 3. The number of rotatable bonds is 5. The number of aryl methyl sites for hydroxylation is 2. The summed E-state index contributed by atoms with van der Waals surface area (Å²) in [6.45, 7) is 3.72. The number of anilines is 1. The molecule has 1 N–H and O–H groups in total. The molecule has 0 bridgehead atoms. The maximum atomic E-state index is 13.8. The van der Waals surface area contributed by atoms with E-state index in [9.17, 15) is 18.8 Å². The number of halogens is 1. The van der Waals surface area contributed by atoms with E-state index in [1.807, 2.05) is 19.9 Å². The van der Waals surface area contributed by atoms with Crippen molar-refractivity contribution in [1.82, 2.24) is 9.78 Å². The summed E-state index contributed by atoms with van der Waals surface area (Å²) in [5.74, 6) is -1.54. The van der Waals surface area contributed by atoms with Crippen LogP contribution < -0.4 is 15.0 Å². The quantitative estimate of drug-likeness (QED) is 0.359. The van der Waals surface area contributed by atoms with Gasteiger partial charge in [0.15, 0.2) is 12.4 Å². The molecule has 174 valence electrons. The zero-order valence-electron chi connectivity index (χ0n) is 19.2. The molecule has 0 unspecified atom stereocenters. The summed E-state index contributed by atoms with van der Waals surface area (Å²) in [4.78, 5) is 42.3. The SMILES string of the molecule is CCc1[nH]n(-c2ccc(F)cc2)c(=O)c1C1=C([n+]2ccccc2)C(=O)N(c2cccc(C)c2)C1=O. The fraction of sp³-hybridized carbons (Fsp3) is 0.111. The summed E-state index contributed by atoms with van der Waals surface area (Å²) >= 11 is 0. The monoisotopic (exact) mass is 469 g/mol. The molecule has 2 aromatic heterocycles. The summed E-state index contributed by atoms with van der Waals surface area (Å²) in [7, 11) is 0. The van der Waals surface area contributed by atoms with E-state index in [2.05, 4.69) is 5.10 Å². The first-order chi connectivity index (χ1) is 16.9. The predicted molar refractivity (Wildman–Crippen MR) is 129 cm³/mol. The predicted octanol–water partition coefficient (Wildman–Crippen LogP) is 3.40. The highest BCUT2D eigenvalue weighted by molar-refractivity contribution is 6.53. The molecule has 1 aliphatic rings. The molecule has 0 fully saturated rings. The Labute approximate surface area is 200 Å². The van der Waals surface area contributed by atoms with Gasteiger partial charge in [0.25, 0.3) is 17.2 Å². The summed E-state index contributed by atoms with van der Waals surface area (Å²) < 4.78 is 16.3. The number of carbonyl (C=O) groups excluding carboxylic acids is 2. The molecule has 0 saturated heterocycles. The second-order valence-electron chi connectivity index (χ2n) is 8.23. The van der Waals surface area contributed by atoms with E-state index >= 15 is 0 Å². The van der Waals surface area contributed by atoms with Crippen LogP contribution in [0, 0.1) is 12.7 Å². The molecule has 0 spiro atoms. The number of H-pyrrole nitrogens is 1. The number of nitrogens with zero attached hydrogens (tertiary/aromatic N) is 3. The third-order valence-corrected chi connectivity index (χ3v) is 5.95. The molecule has 4 aromatic rings. The molecule has 3 heterocycles. The molecule has 7 nitrogen and oxygen atoms in total. The van der Waals surface area contributed by atoms with Gasteiger partial charge in [0, 0.05) is 17.8 Å². The van der Waals surface area contributed by atoms with Crippen molar-refractivity contribution >= 4 is 28.8 Å². The minimum Gasteiger partial charge on any atom is -0.294 e. The Kier molecular flexibility index (Phi) is 5.49. The number of hydrogen-bond donors (Lipinski definition) is 1. The topological polar surface area (TPSA) is 79.1 Å². The third kappa shape index (κ3) is 3.69. The number of nitrogens with one attached hydrogen (secondary N) is 1. The van der Waals surface area contributed by atoms with Crippen molar-refractivity contribution in [1.29, 1.82) is 0 Å². The number of carbonyl (C=O) groups is 2. The molecule has 8 heteroatoms. The van der Waals surface area contributed by atoms with Gasteiger partial charge in [0.05, 0.1) is 16.9 Å². The van der Waals surface area contributed by atoms with Crippen LogP contribution in [-0.2, 0) is 16.0 Å². The van der Waals surface area contributed by atoms with Crippen molar-refractivity contribution in [3.05, 3.63) is 112 Å². The average molecular weight is 469 g/mol. The lowest BCUT2D eigenvalue weighted by Gasteiger charge is -2.14. The van der Waals surface area contributed by atoms with Gasteiger partial charge in [0.1, 0.15) is 11.4 Å². The van der Waals surface area contributed by atoms with Gasteiger partial charge < -0.3 is 0 Å². The number of amides is 2. The van der Waals surface area contributed by atoms with Crippen molar-refractivity contribution in [2.24, 2.45) is 0 Å². The Morgan fingerprint density at radius 2 is 1.60 bits per heavy atom. The van der Waals surface area contributed by atoms with E-state index < -0.39 is 23.2 Å². The van der Waals surface area contributed by atoms with Crippen molar-refractivity contribution in [3.63, 3.8) is 0 Å². The Morgan fingerprint density at radius 1 is 0.886 bits per heavy atom. The van der Waals surface area contributed by atoms with E-state index in [1.54, 1.807) is 53.4 Å². The lowest BCUT2D eigenvalue weighted by atomic mass is 10.0. The molecule has 5 rings (SSSR count). The van der Waals surface area contributed by atoms with Gasteiger partial charge in [-0.15, -0.1) is 0 Å². The van der Waals surface area contributed by atoms with Crippen molar-refractivity contribution in [3.8, 4) is 5.69 Å². The standard InChI is InChI=1S/C27H21FN4O3/c1-3-21-22(26(34)32(29-21)19-12-10-18(28)11-13-19)23-24(30-14-5-4-6-15-30)27(35)31(25(23)33)20-9-7-8-17(2)16-20/h4-16H,3H2,1-2H3/p+1. The highest BCUT2D eigenvalue weighted by Crippen LogP contribution is 2.33. The van der Waals surface area contributed by atoms with Crippen LogP contribution >= 0.6 is 0 Å². The largest absolute Gasteiger partial charge is 0.331 e. The maximum absolute atomic E-state index is 13.8. The molecule has 0 saturated carbocycles. The molecular formula is C27H22FN4O3+. The second kappa shape index (κ2) is 8.64. The van der Waals surface area contributed by atoms with Gasteiger partial charge in [-0.05, 0) is 55.3 Å². The van der Waals surface area contributed by atoms with Crippen molar-refractivity contribution in [2.75, 3.05) is 4.90 Å². The van der Waals surface area contributed by atoms with Gasteiger partial charge in [-0.25, -0.2) is 14.0 Å². The van der Waals surface area contributed by atoms with E-state index in [-0.39, 0.29) is 16.8 Å². The summed E-state index contributed by atoms with van der Waals surface area (Å²) in [6, 6.07) is 17.8. The van der Waals surface area contributed by atoms with E-state index in [4.69, 9.17) is 0 Å². The minimum atomic E-state index is -0.580. The summed E-state index contributed by atoms with van der Waals surface area (Å²) in [5.41, 5.74) is 1.97. The zero-order chi connectivity index (χ0) is 24.7. The number of aromatic nitrogens is 3. The first kappa shape index (κ1) is 22.2. The van der Waals surface area contributed by atoms with Gasteiger partial charge in [-0.2, -0.15) is 4.57 Å². The van der Waals surface area contributed by atoms with Gasteiger partial charge in [-0.1, -0.05) is 25.1 Å². The maximum Gasteiger partial charge on any atom is 0.331 e. The fourth-order valence-electron chi connectivity index (χ4n) is 4.30. The second-order valence-corrected chi connectivity index (χ2v) is 8.23. The molecule has 35 heavy (non-hydrogen) atoms. The van der Waals surface area contributed by atoms with Crippen LogP contribution in [0.25, 0.3) is 17.0 Å². The van der Waals surface area contributed by atoms with Crippen LogP contribution in [0.15, 0.2) is 83.9 Å². The van der Waals surface area contributed by atoms with Crippen LogP contribution in [0.4, 0.5) is 10.1 Å². The minimum absolute atomic E-state index is 0.0201. The molecule has 0 atom stereocenters. The van der Waals surface area contributed by atoms with Crippen LogP contribution in [-0.4, -0.2) is 21.6 Å². The van der Waals surface area contributed by atoms with E-state index in [0.29, 0.717) is 23.5 Å². The smallest absolute Gasteiger partial charge is 0.294 e.